The van der Waals surface area contributed by atoms with Crippen LogP contribution in [0.1, 0.15) is 24.0 Å². The van der Waals surface area contributed by atoms with E-state index in [1.54, 1.807) is 26.4 Å². The Morgan fingerprint density at radius 1 is 1.16 bits per heavy atom. The van der Waals surface area contributed by atoms with E-state index < -0.39 is 11.7 Å². The average Bonchev–Trinajstić information content (AvgIpc) is 3.26. The van der Waals surface area contributed by atoms with E-state index in [0.717, 1.165) is 24.5 Å². The maximum Gasteiger partial charge on any atom is 0.418 e. The van der Waals surface area contributed by atoms with Gasteiger partial charge in [0.25, 0.3) is 0 Å². The molecule has 2 aromatic rings. The van der Waals surface area contributed by atoms with Gasteiger partial charge in [-0.15, -0.1) is 0 Å². The summed E-state index contributed by atoms with van der Waals surface area (Å²) >= 11 is 5.52. The van der Waals surface area contributed by atoms with E-state index in [2.05, 4.69) is 5.32 Å². The monoisotopic (exact) mass is 454 g/mol. The predicted molar refractivity (Wildman–Crippen MR) is 117 cm³/mol. The SMILES string of the molecule is COc1ccc(CN(C[C@@H]2CCCO2)C(=S)Nc2ccccc2C(F)(F)F)cc1OC. The average molecular weight is 455 g/mol. The van der Waals surface area contributed by atoms with Gasteiger partial charge in [-0.1, -0.05) is 18.2 Å². The molecule has 1 fully saturated rings. The lowest BCUT2D eigenvalue weighted by Gasteiger charge is -2.29. The summed E-state index contributed by atoms with van der Waals surface area (Å²) in [6.45, 7) is 1.51. The Kier molecular flexibility index (Phi) is 7.61. The second-order valence-electron chi connectivity index (χ2n) is 7.18. The lowest BCUT2D eigenvalue weighted by Crippen LogP contribution is -2.39. The Balaban J connectivity index is 1.83. The van der Waals surface area contributed by atoms with Gasteiger partial charge in [-0.2, -0.15) is 13.2 Å². The third kappa shape index (κ3) is 6.01. The summed E-state index contributed by atoms with van der Waals surface area (Å²) in [5, 5.41) is 2.98. The van der Waals surface area contributed by atoms with Gasteiger partial charge in [0.05, 0.1) is 31.6 Å². The van der Waals surface area contributed by atoms with Gasteiger partial charge in [0, 0.05) is 19.7 Å². The fourth-order valence-corrected chi connectivity index (χ4v) is 3.74. The number of thiocarbonyl (C=S) groups is 1. The first kappa shape index (κ1) is 23.1. The number of nitrogens with zero attached hydrogens (tertiary/aromatic N) is 1. The number of ether oxygens (including phenoxy) is 3. The number of rotatable bonds is 7. The quantitative estimate of drug-likeness (QED) is 0.587. The lowest BCUT2D eigenvalue weighted by atomic mass is 10.1. The van der Waals surface area contributed by atoms with Crippen molar-refractivity contribution in [2.75, 3.05) is 32.7 Å². The minimum atomic E-state index is -4.48. The molecule has 1 aliphatic heterocycles. The van der Waals surface area contributed by atoms with E-state index in [9.17, 15) is 13.2 Å². The van der Waals surface area contributed by atoms with Crippen LogP contribution in [0.5, 0.6) is 11.5 Å². The largest absolute Gasteiger partial charge is 0.493 e. The standard InChI is InChI=1S/C22H25F3N2O3S/c1-28-19-10-9-15(12-20(19)29-2)13-27(14-16-6-5-11-30-16)21(31)26-18-8-4-3-7-17(18)22(23,24)25/h3-4,7-10,12,16H,5-6,11,13-14H2,1-2H3,(H,26,31)/t16-/m0/s1. The molecule has 0 bridgehead atoms. The molecular formula is C22H25F3N2O3S. The smallest absolute Gasteiger partial charge is 0.418 e. The minimum absolute atomic E-state index is 0.0299. The number of hydrogen-bond acceptors (Lipinski definition) is 4. The summed E-state index contributed by atoms with van der Waals surface area (Å²) < 4.78 is 56.5. The molecular weight excluding hydrogens is 429 g/mol. The Morgan fingerprint density at radius 2 is 1.90 bits per heavy atom. The molecule has 1 saturated heterocycles. The number of nitrogens with one attached hydrogen (secondary N) is 1. The molecule has 5 nitrogen and oxygen atoms in total. The number of benzene rings is 2. The van der Waals surface area contributed by atoms with Crippen molar-refractivity contribution >= 4 is 23.0 Å². The van der Waals surface area contributed by atoms with Crippen molar-refractivity contribution in [3.05, 3.63) is 53.6 Å². The fourth-order valence-electron chi connectivity index (χ4n) is 3.49. The van der Waals surface area contributed by atoms with Crippen molar-refractivity contribution < 1.29 is 27.4 Å². The molecule has 1 heterocycles. The lowest BCUT2D eigenvalue weighted by molar-refractivity contribution is -0.136. The number of para-hydroxylation sites is 1. The Morgan fingerprint density at radius 3 is 2.55 bits per heavy atom. The van der Waals surface area contributed by atoms with Crippen LogP contribution in [0.25, 0.3) is 0 Å². The molecule has 31 heavy (non-hydrogen) atoms. The van der Waals surface area contributed by atoms with Gasteiger partial charge in [0.2, 0.25) is 0 Å². The van der Waals surface area contributed by atoms with Crippen LogP contribution in [0.3, 0.4) is 0 Å². The Hall–Kier alpha value is -2.52. The van der Waals surface area contributed by atoms with Crippen LogP contribution in [0.15, 0.2) is 42.5 Å². The Labute approximate surface area is 185 Å². The van der Waals surface area contributed by atoms with Crippen molar-refractivity contribution in [3.63, 3.8) is 0 Å². The van der Waals surface area contributed by atoms with Crippen LogP contribution in [0.4, 0.5) is 18.9 Å². The topological polar surface area (TPSA) is 43.0 Å². The van der Waals surface area contributed by atoms with Crippen LogP contribution in [0.2, 0.25) is 0 Å². The van der Waals surface area contributed by atoms with Gasteiger partial charge >= 0.3 is 6.18 Å². The van der Waals surface area contributed by atoms with Crippen molar-refractivity contribution in [1.29, 1.82) is 0 Å². The second kappa shape index (κ2) is 10.2. The van der Waals surface area contributed by atoms with Crippen molar-refractivity contribution in [2.45, 2.75) is 31.7 Å². The van der Waals surface area contributed by atoms with E-state index in [4.69, 9.17) is 26.4 Å². The second-order valence-corrected chi connectivity index (χ2v) is 7.57. The fraction of sp³-hybridized carbons (Fsp3) is 0.409. The molecule has 0 aliphatic carbocycles. The van der Waals surface area contributed by atoms with Gasteiger partial charge in [-0.3, -0.25) is 0 Å². The number of halogens is 3. The highest BCUT2D eigenvalue weighted by atomic mass is 32.1. The first-order valence-electron chi connectivity index (χ1n) is 9.86. The number of hydrogen-bond donors (Lipinski definition) is 1. The van der Waals surface area contributed by atoms with Crippen LogP contribution < -0.4 is 14.8 Å². The van der Waals surface area contributed by atoms with Gasteiger partial charge in [-0.25, -0.2) is 0 Å². The molecule has 0 unspecified atom stereocenters. The van der Waals surface area contributed by atoms with Gasteiger partial charge in [-0.05, 0) is 54.9 Å². The van der Waals surface area contributed by atoms with E-state index in [0.29, 0.717) is 31.2 Å². The number of anilines is 1. The zero-order chi connectivity index (χ0) is 22.4. The zero-order valence-electron chi connectivity index (χ0n) is 17.4. The zero-order valence-corrected chi connectivity index (χ0v) is 18.2. The minimum Gasteiger partial charge on any atom is -0.493 e. The molecule has 168 valence electrons. The molecule has 2 aromatic carbocycles. The molecule has 1 N–H and O–H groups in total. The number of alkyl halides is 3. The molecule has 1 aliphatic rings. The molecule has 9 heteroatoms. The van der Waals surface area contributed by atoms with Gasteiger partial charge in [0.15, 0.2) is 16.6 Å². The third-order valence-electron chi connectivity index (χ3n) is 5.03. The van der Waals surface area contributed by atoms with E-state index in [1.165, 1.54) is 12.1 Å². The molecule has 0 radical (unpaired) electrons. The van der Waals surface area contributed by atoms with Crippen molar-refractivity contribution in [1.82, 2.24) is 4.90 Å². The predicted octanol–water partition coefficient (Wildman–Crippen LogP) is 5.10. The maximum absolute atomic E-state index is 13.4. The first-order chi connectivity index (χ1) is 14.8. The van der Waals surface area contributed by atoms with Crippen molar-refractivity contribution in [3.8, 4) is 11.5 Å². The highest BCUT2D eigenvalue weighted by molar-refractivity contribution is 7.80. The van der Waals surface area contributed by atoms with E-state index in [1.807, 2.05) is 17.0 Å². The van der Waals surface area contributed by atoms with Crippen LogP contribution in [-0.2, 0) is 17.5 Å². The molecule has 3 rings (SSSR count). The van der Waals surface area contributed by atoms with Gasteiger partial charge in [0.1, 0.15) is 0 Å². The van der Waals surface area contributed by atoms with Crippen LogP contribution >= 0.6 is 12.2 Å². The van der Waals surface area contributed by atoms with E-state index in [-0.39, 0.29) is 16.9 Å². The summed E-state index contributed by atoms with van der Waals surface area (Å²) in [6, 6.07) is 10.8. The Bertz CT molecular complexity index is 902. The molecule has 0 amide bonds. The van der Waals surface area contributed by atoms with Crippen molar-refractivity contribution in [2.24, 2.45) is 0 Å². The highest BCUT2D eigenvalue weighted by Gasteiger charge is 2.33. The summed E-state index contributed by atoms with van der Waals surface area (Å²) in [4.78, 5) is 1.82. The summed E-state index contributed by atoms with van der Waals surface area (Å²) in [5.41, 5.74) is 0.0362. The summed E-state index contributed by atoms with van der Waals surface area (Å²) in [6.07, 6.45) is -2.68. The molecule has 0 saturated carbocycles. The summed E-state index contributed by atoms with van der Waals surface area (Å²) in [7, 11) is 3.10. The summed E-state index contributed by atoms with van der Waals surface area (Å²) in [5.74, 6) is 1.16. The highest BCUT2D eigenvalue weighted by Crippen LogP contribution is 2.35. The molecule has 0 aromatic heterocycles. The van der Waals surface area contributed by atoms with Gasteiger partial charge < -0.3 is 24.4 Å². The molecule has 1 atom stereocenters. The van der Waals surface area contributed by atoms with E-state index >= 15 is 0 Å². The first-order valence-corrected chi connectivity index (χ1v) is 10.3. The van der Waals surface area contributed by atoms with Crippen LogP contribution in [0, 0.1) is 0 Å². The molecule has 0 spiro atoms. The van der Waals surface area contributed by atoms with Crippen LogP contribution in [-0.4, -0.2) is 43.5 Å². The maximum atomic E-state index is 13.4. The normalized spacial score (nSPS) is 16.1. The third-order valence-corrected chi connectivity index (χ3v) is 5.39. The number of methoxy groups -OCH3 is 2.